The maximum atomic E-state index is 12.3. The smallest absolute Gasteiger partial charge is 0.407 e. The van der Waals surface area contributed by atoms with Gasteiger partial charge in [0.1, 0.15) is 11.4 Å². The first kappa shape index (κ1) is 29.0. The summed E-state index contributed by atoms with van der Waals surface area (Å²) in [5, 5.41) is 22.3. The van der Waals surface area contributed by atoms with Crippen LogP contribution in [-0.4, -0.2) is 53.6 Å². The van der Waals surface area contributed by atoms with Crippen LogP contribution >= 0.6 is 23.2 Å². The van der Waals surface area contributed by atoms with Crippen molar-refractivity contribution in [1.29, 1.82) is 0 Å². The van der Waals surface area contributed by atoms with Gasteiger partial charge in [0, 0.05) is 18.0 Å². The zero-order valence-electron chi connectivity index (χ0n) is 22.5. The second-order valence-electron chi connectivity index (χ2n) is 10.1. The quantitative estimate of drug-likeness (QED) is 0.201. The minimum Gasteiger partial charge on any atom is -0.496 e. The van der Waals surface area contributed by atoms with Crippen LogP contribution in [-0.2, 0) is 10.3 Å². The van der Waals surface area contributed by atoms with Crippen LogP contribution in [0.3, 0.4) is 0 Å². The van der Waals surface area contributed by atoms with Crippen molar-refractivity contribution in [3.8, 4) is 5.75 Å². The lowest BCUT2D eigenvalue weighted by Crippen LogP contribution is -2.46. The average molecular weight is 593 g/mol. The number of hydrogen-bond acceptors (Lipinski definition) is 4. The summed E-state index contributed by atoms with van der Waals surface area (Å²) in [6.45, 7) is 0.00887. The van der Waals surface area contributed by atoms with Gasteiger partial charge in [-0.1, -0.05) is 114 Å². The van der Waals surface area contributed by atoms with Crippen molar-refractivity contribution < 1.29 is 24.5 Å². The van der Waals surface area contributed by atoms with Crippen LogP contribution < -0.4 is 4.74 Å². The van der Waals surface area contributed by atoms with Crippen LogP contribution in [0.1, 0.15) is 34.6 Å². The van der Waals surface area contributed by atoms with Crippen molar-refractivity contribution in [3.63, 3.8) is 0 Å². The summed E-state index contributed by atoms with van der Waals surface area (Å²) in [4.78, 5) is 13.6. The normalized spacial score (nSPS) is 17.8. The zero-order valence-corrected chi connectivity index (χ0v) is 24.0. The van der Waals surface area contributed by atoms with E-state index in [1.165, 1.54) is 12.0 Å². The highest BCUT2D eigenvalue weighted by atomic mass is 35.5. The number of methoxy groups -OCH3 is 1. The summed E-state index contributed by atoms with van der Waals surface area (Å²) in [6.07, 6.45) is -1.94. The fourth-order valence-corrected chi connectivity index (χ4v) is 6.33. The average Bonchev–Trinajstić information content (AvgIpc) is 3.46. The van der Waals surface area contributed by atoms with Crippen LogP contribution in [0.2, 0.25) is 10.0 Å². The molecule has 1 unspecified atom stereocenters. The Labute approximate surface area is 249 Å². The zero-order chi connectivity index (χ0) is 29.0. The topological polar surface area (TPSA) is 79.2 Å². The predicted octanol–water partition coefficient (Wildman–Crippen LogP) is 7.21. The van der Waals surface area contributed by atoms with Crippen molar-refractivity contribution in [2.24, 2.45) is 0 Å². The Bertz CT molecular complexity index is 1370. The van der Waals surface area contributed by atoms with Gasteiger partial charge in [0.25, 0.3) is 0 Å². The van der Waals surface area contributed by atoms with Gasteiger partial charge in [0.2, 0.25) is 0 Å². The summed E-state index contributed by atoms with van der Waals surface area (Å²) in [6, 6.07) is 32.1. The van der Waals surface area contributed by atoms with E-state index in [1.54, 1.807) is 12.1 Å². The molecule has 8 heteroatoms. The van der Waals surface area contributed by atoms with Gasteiger partial charge in [0.15, 0.2) is 0 Å². The molecule has 0 radical (unpaired) electrons. The number of carboxylic acid groups (broad SMARTS) is 1. The highest BCUT2D eigenvalue weighted by molar-refractivity contribution is 6.42. The molecule has 2 N–H and O–H groups in total. The van der Waals surface area contributed by atoms with E-state index < -0.39 is 23.8 Å². The number of carbonyl (C=O) groups is 1. The van der Waals surface area contributed by atoms with Gasteiger partial charge in [-0.05, 0) is 35.2 Å². The Hall–Kier alpha value is -3.55. The summed E-state index contributed by atoms with van der Waals surface area (Å²) < 4.78 is 12.3. The van der Waals surface area contributed by atoms with Gasteiger partial charge in [-0.15, -0.1) is 0 Å². The van der Waals surface area contributed by atoms with Gasteiger partial charge < -0.3 is 24.6 Å². The SMILES string of the molecule is COc1ccc(Cl)c(Cl)c1[C@H]1C[C@@H](C(O)COC(c2ccccc2)(c2ccccc2)c2ccccc2)N(C(=O)O)C1. The van der Waals surface area contributed by atoms with Crippen molar-refractivity contribution in [1.82, 2.24) is 4.90 Å². The lowest BCUT2D eigenvalue weighted by Gasteiger charge is -2.37. The number of hydrogen-bond donors (Lipinski definition) is 2. The molecule has 41 heavy (non-hydrogen) atoms. The molecule has 0 saturated carbocycles. The molecule has 4 aromatic rings. The predicted molar refractivity (Wildman–Crippen MR) is 160 cm³/mol. The van der Waals surface area contributed by atoms with Gasteiger partial charge in [-0.3, -0.25) is 0 Å². The molecule has 0 aliphatic carbocycles. The third-order valence-corrected chi connectivity index (χ3v) is 8.58. The maximum Gasteiger partial charge on any atom is 0.407 e. The minimum atomic E-state index is -1.13. The van der Waals surface area contributed by atoms with Gasteiger partial charge >= 0.3 is 6.09 Å². The summed E-state index contributed by atoms with van der Waals surface area (Å²) in [5.74, 6) is 0.200. The van der Waals surface area contributed by atoms with E-state index in [9.17, 15) is 15.0 Å². The van der Waals surface area contributed by atoms with Crippen LogP contribution in [0.15, 0.2) is 103 Å². The molecular formula is C33H31Cl2NO5. The van der Waals surface area contributed by atoms with E-state index in [-0.39, 0.29) is 19.1 Å². The Balaban J connectivity index is 1.50. The molecule has 5 rings (SSSR count). The number of ether oxygens (including phenoxy) is 2. The molecule has 6 nitrogen and oxygen atoms in total. The van der Waals surface area contributed by atoms with Crippen molar-refractivity contribution in [2.75, 3.05) is 20.3 Å². The number of likely N-dealkylation sites (tertiary alicyclic amines) is 1. The van der Waals surface area contributed by atoms with Gasteiger partial charge in [-0.2, -0.15) is 0 Å². The molecule has 0 aromatic heterocycles. The fraction of sp³-hybridized carbons (Fsp3) is 0.242. The van der Waals surface area contributed by atoms with Crippen molar-refractivity contribution >= 4 is 29.3 Å². The molecule has 1 saturated heterocycles. The molecule has 0 spiro atoms. The van der Waals surface area contributed by atoms with E-state index in [4.69, 9.17) is 32.7 Å². The second-order valence-corrected chi connectivity index (χ2v) is 10.9. The first-order chi connectivity index (χ1) is 19.9. The molecule has 1 aliphatic rings. The molecule has 1 fully saturated rings. The first-order valence-corrected chi connectivity index (χ1v) is 14.1. The second kappa shape index (κ2) is 12.5. The van der Waals surface area contributed by atoms with Crippen molar-refractivity contribution in [2.45, 2.75) is 30.1 Å². The number of halogens is 2. The Morgan fingerprint density at radius 1 is 0.902 bits per heavy atom. The highest BCUT2D eigenvalue weighted by Crippen LogP contribution is 2.45. The largest absolute Gasteiger partial charge is 0.496 e. The lowest BCUT2D eigenvalue weighted by molar-refractivity contribution is -0.0575. The number of aliphatic hydroxyl groups is 1. The van der Waals surface area contributed by atoms with Crippen LogP contribution in [0.4, 0.5) is 4.79 Å². The summed E-state index contributed by atoms with van der Waals surface area (Å²) in [5.41, 5.74) is 2.25. The summed E-state index contributed by atoms with van der Waals surface area (Å²) in [7, 11) is 1.53. The molecular weight excluding hydrogens is 561 g/mol. The Morgan fingerprint density at radius 2 is 1.41 bits per heavy atom. The molecule has 212 valence electrons. The van der Waals surface area contributed by atoms with Crippen LogP contribution in [0.5, 0.6) is 5.75 Å². The van der Waals surface area contributed by atoms with Crippen LogP contribution in [0, 0.1) is 0 Å². The number of nitrogens with zero attached hydrogens (tertiary/aromatic N) is 1. The molecule has 1 aliphatic heterocycles. The van der Waals surface area contributed by atoms with E-state index in [0.717, 1.165) is 16.7 Å². The lowest BCUT2D eigenvalue weighted by atomic mass is 9.80. The molecule has 3 atom stereocenters. The first-order valence-electron chi connectivity index (χ1n) is 13.4. The molecule has 0 bridgehead atoms. The van der Waals surface area contributed by atoms with Gasteiger partial charge in [0.05, 0.1) is 35.9 Å². The Kier molecular flexibility index (Phi) is 8.85. The monoisotopic (exact) mass is 591 g/mol. The molecule has 1 amide bonds. The number of rotatable bonds is 9. The number of amides is 1. The minimum absolute atomic E-state index is 0.125. The number of aliphatic hydroxyl groups excluding tert-OH is 1. The molecule has 4 aromatic carbocycles. The fourth-order valence-electron chi connectivity index (χ4n) is 5.86. The third-order valence-electron chi connectivity index (χ3n) is 7.77. The number of benzene rings is 4. The van der Waals surface area contributed by atoms with Gasteiger partial charge in [-0.25, -0.2) is 4.79 Å². The summed E-state index contributed by atoms with van der Waals surface area (Å²) >= 11 is 12.9. The molecule has 1 heterocycles. The van der Waals surface area contributed by atoms with E-state index in [1.807, 2.05) is 91.0 Å². The highest BCUT2D eigenvalue weighted by Gasteiger charge is 2.44. The van der Waals surface area contributed by atoms with E-state index >= 15 is 0 Å². The van der Waals surface area contributed by atoms with E-state index in [2.05, 4.69) is 0 Å². The third kappa shape index (κ3) is 5.66. The standard InChI is InChI=1S/C33H31Cl2NO5/c1-40-29-18-17-26(34)31(35)30(29)22-19-27(36(20-22)32(38)39)28(37)21-41-33(23-11-5-2-6-12-23,24-13-7-3-8-14-24)25-15-9-4-10-16-25/h2-18,22,27-28,37H,19-21H2,1H3,(H,38,39)/t22-,27-,28?/m0/s1. The van der Waals surface area contributed by atoms with Crippen LogP contribution in [0.25, 0.3) is 0 Å². The van der Waals surface area contributed by atoms with Crippen molar-refractivity contribution in [3.05, 3.63) is 135 Å². The Morgan fingerprint density at radius 3 is 1.88 bits per heavy atom. The maximum absolute atomic E-state index is 12.3. The van der Waals surface area contributed by atoms with E-state index in [0.29, 0.717) is 27.8 Å².